The molecule has 0 aromatic heterocycles. The standard InChI is InChI=1S/C3H5ClO.Na.H2O/c4-1-3-2-5-3;;/h3H,1-2H2;;1H2/q;+1;/p-1. The maximum atomic E-state index is 5.27. The number of halogens is 1. The molecule has 0 aromatic carbocycles. The number of rotatable bonds is 1. The Morgan fingerprint density at radius 2 is 2.14 bits per heavy atom. The van der Waals surface area contributed by atoms with Gasteiger partial charge in [-0.1, -0.05) is 0 Å². The smallest absolute Gasteiger partial charge is 0.870 e. The number of hydrogen-bond donors (Lipinski definition) is 0. The minimum atomic E-state index is 0. The summed E-state index contributed by atoms with van der Waals surface area (Å²) in [6, 6.07) is 0. The Balaban J connectivity index is 0. The van der Waals surface area contributed by atoms with Crippen LogP contribution in [-0.4, -0.2) is 24.1 Å². The Labute approximate surface area is 69.8 Å². The molecule has 4 heteroatoms. The van der Waals surface area contributed by atoms with Crippen molar-refractivity contribution in [1.82, 2.24) is 0 Å². The summed E-state index contributed by atoms with van der Waals surface area (Å²) in [6.07, 6.45) is 0.400. The number of ether oxygens (including phenoxy) is 1. The molecule has 1 atom stereocenters. The average molecular weight is 133 g/mol. The van der Waals surface area contributed by atoms with E-state index in [1.54, 1.807) is 0 Å². The molecule has 0 aliphatic carbocycles. The second-order valence-electron chi connectivity index (χ2n) is 1.11. The van der Waals surface area contributed by atoms with Crippen molar-refractivity contribution in [3.05, 3.63) is 0 Å². The van der Waals surface area contributed by atoms with Crippen molar-refractivity contribution in [3.63, 3.8) is 0 Å². The number of alkyl halides is 1. The third-order valence-corrected chi connectivity index (χ3v) is 0.919. The van der Waals surface area contributed by atoms with Crippen molar-refractivity contribution < 1.29 is 39.8 Å². The van der Waals surface area contributed by atoms with Gasteiger partial charge in [-0.3, -0.25) is 0 Å². The maximum absolute atomic E-state index is 5.27. The third kappa shape index (κ3) is 5.07. The minimum Gasteiger partial charge on any atom is -0.870 e. The predicted octanol–water partition coefficient (Wildman–Crippen LogP) is -2.55. The molecule has 0 amide bonds. The molecular weight excluding hydrogens is 126 g/mol. The molecule has 7 heavy (non-hydrogen) atoms. The Morgan fingerprint density at radius 1 is 1.71 bits per heavy atom. The maximum Gasteiger partial charge on any atom is 1.00 e. The van der Waals surface area contributed by atoms with Gasteiger partial charge in [-0.25, -0.2) is 0 Å². The van der Waals surface area contributed by atoms with Crippen LogP contribution in [0.1, 0.15) is 0 Å². The van der Waals surface area contributed by atoms with Crippen molar-refractivity contribution in [2.24, 2.45) is 0 Å². The van der Waals surface area contributed by atoms with Gasteiger partial charge in [0.1, 0.15) is 0 Å². The van der Waals surface area contributed by atoms with Crippen LogP contribution in [0.3, 0.4) is 0 Å². The summed E-state index contributed by atoms with van der Waals surface area (Å²) in [7, 11) is 0. The zero-order valence-corrected chi connectivity index (χ0v) is 6.98. The van der Waals surface area contributed by atoms with Crippen molar-refractivity contribution in [2.45, 2.75) is 6.10 Å². The van der Waals surface area contributed by atoms with Crippen LogP contribution >= 0.6 is 11.6 Å². The van der Waals surface area contributed by atoms with Crippen LogP contribution in [0.25, 0.3) is 0 Å². The van der Waals surface area contributed by atoms with Gasteiger partial charge in [-0.2, -0.15) is 0 Å². The van der Waals surface area contributed by atoms with Crippen molar-refractivity contribution in [2.75, 3.05) is 12.5 Å². The van der Waals surface area contributed by atoms with Crippen molar-refractivity contribution in [3.8, 4) is 0 Å². The molecule has 1 rings (SSSR count). The molecule has 1 unspecified atom stereocenters. The molecular formula is C3H6ClNaO2. The monoisotopic (exact) mass is 132 g/mol. The van der Waals surface area contributed by atoms with Crippen molar-refractivity contribution in [1.29, 1.82) is 0 Å². The minimum absolute atomic E-state index is 0. The van der Waals surface area contributed by atoms with Gasteiger partial charge in [0, 0.05) is 0 Å². The van der Waals surface area contributed by atoms with Gasteiger partial charge in [0.2, 0.25) is 0 Å². The first kappa shape index (κ1) is 11.1. The fraction of sp³-hybridized carbons (Fsp3) is 1.00. The topological polar surface area (TPSA) is 42.5 Å². The average Bonchev–Trinajstić information content (AvgIpc) is 2.12. The second-order valence-corrected chi connectivity index (χ2v) is 1.42. The van der Waals surface area contributed by atoms with E-state index in [0.717, 1.165) is 6.61 Å². The zero-order chi connectivity index (χ0) is 3.70. The number of hydrogen-bond acceptors (Lipinski definition) is 2. The van der Waals surface area contributed by atoms with Crippen molar-refractivity contribution >= 4 is 11.6 Å². The molecule has 1 aliphatic rings. The van der Waals surface area contributed by atoms with Gasteiger partial charge in [-0.15, -0.1) is 11.6 Å². The normalized spacial score (nSPS) is 24.4. The molecule has 0 spiro atoms. The molecule has 1 saturated heterocycles. The van der Waals surface area contributed by atoms with Gasteiger partial charge < -0.3 is 10.2 Å². The van der Waals surface area contributed by atoms with E-state index in [0.29, 0.717) is 12.0 Å². The van der Waals surface area contributed by atoms with Crippen LogP contribution in [0.5, 0.6) is 0 Å². The summed E-state index contributed by atoms with van der Waals surface area (Å²) < 4.78 is 4.73. The Kier molecular flexibility index (Phi) is 8.46. The number of epoxide rings is 1. The van der Waals surface area contributed by atoms with Gasteiger partial charge in [0.25, 0.3) is 0 Å². The van der Waals surface area contributed by atoms with Crippen LogP contribution in [-0.2, 0) is 4.74 Å². The van der Waals surface area contributed by atoms with Gasteiger partial charge in [0.05, 0.1) is 18.6 Å². The van der Waals surface area contributed by atoms with E-state index in [-0.39, 0.29) is 35.0 Å². The quantitative estimate of drug-likeness (QED) is 0.224. The first-order chi connectivity index (χ1) is 2.43. The third-order valence-electron chi connectivity index (χ3n) is 0.574. The predicted molar refractivity (Wildman–Crippen MR) is 22.4 cm³/mol. The van der Waals surface area contributed by atoms with Crippen LogP contribution < -0.4 is 29.6 Å². The van der Waals surface area contributed by atoms with E-state index in [9.17, 15) is 0 Å². The Bertz CT molecular complexity index is 39.9. The molecule has 1 heterocycles. The van der Waals surface area contributed by atoms with E-state index >= 15 is 0 Å². The summed E-state index contributed by atoms with van der Waals surface area (Å²) in [5, 5.41) is 0. The Morgan fingerprint density at radius 3 is 2.14 bits per heavy atom. The van der Waals surface area contributed by atoms with Crippen LogP contribution in [0.4, 0.5) is 0 Å². The molecule has 0 aromatic rings. The SMILES string of the molecule is ClCC1CO1.[Na+].[OH-]. The van der Waals surface area contributed by atoms with Gasteiger partial charge in [-0.05, 0) is 0 Å². The van der Waals surface area contributed by atoms with E-state index < -0.39 is 0 Å². The largest absolute Gasteiger partial charge is 1.00 e. The molecule has 0 bridgehead atoms. The second kappa shape index (κ2) is 5.35. The van der Waals surface area contributed by atoms with Crippen LogP contribution in [0.2, 0.25) is 0 Å². The van der Waals surface area contributed by atoms with E-state index in [4.69, 9.17) is 16.3 Å². The van der Waals surface area contributed by atoms with E-state index in [1.165, 1.54) is 0 Å². The van der Waals surface area contributed by atoms with Gasteiger partial charge in [0.15, 0.2) is 0 Å². The zero-order valence-electron chi connectivity index (χ0n) is 4.22. The Hall–Kier alpha value is 1.21. The van der Waals surface area contributed by atoms with Crippen LogP contribution in [0, 0.1) is 0 Å². The molecule has 1 fully saturated rings. The molecule has 2 nitrogen and oxygen atoms in total. The molecule has 0 saturated carbocycles. The van der Waals surface area contributed by atoms with Gasteiger partial charge >= 0.3 is 29.6 Å². The molecule has 38 valence electrons. The van der Waals surface area contributed by atoms with E-state index in [2.05, 4.69) is 0 Å². The first-order valence-corrected chi connectivity index (χ1v) is 2.14. The molecule has 1 aliphatic heterocycles. The summed E-state index contributed by atoms with van der Waals surface area (Å²) in [5.41, 5.74) is 0. The fourth-order valence-electron chi connectivity index (χ4n) is 0.157. The summed E-state index contributed by atoms with van der Waals surface area (Å²) >= 11 is 5.27. The fourth-order valence-corrected chi connectivity index (χ4v) is 0.335. The first-order valence-electron chi connectivity index (χ1n) is 1.61. The molecule has 0 radical (unpaired) electrons. The van der Waals surface area contributed by atoms with Crippen LogP contribution in [0.15, 0.2) is 0 Å². The summed E-state index contributed by atoms with van der Waals surface area (Å²) in [4.78, 5) is 0. The summed E-state index contributed by atoms with van der Waals surface area (Å²) in [6.45, 7) is 0.878. The molecule has 1 N–H and O–H groups in total. The summed E-state index contributed by atoms with van der Waals surface area (Å²) in [5.74, 6) is 0.667. The van der Waals surface area contributed by atoms with E-state index in [1.807, 2.05) is 0 Å².